The Labute approximate surface area is 163 Å². The van der Waals surface area contributed by atoms with Gasteiger partial charge >= 0.3 is 5.97 Å². The first kappa shape index (κ1) is 19.9. The molecule has 0 aromatic heterocycles. The summed E-state index contributed by atoms with van der Waals surface area (Å²) in [5.74, 6) is -0.256. The first-order valence-corrected chi connectivity index (χ1v) is 9.48. The van der Waals surface area contributed by atoms with Gasteiger partial charge in [-0.25, -0.2) is 4.79 Å². The summed E-state index contributed by atoms with van der Waals surface area (Å²) in [6, 6.07) is 2.73. The highest BCUT2D eigenvalue weighted by Crippen LogP contribution is 2.36. The van der Waals surface area contributed by atoms with Gasteiger partial charge in [0, 0.05) is 38.8 Å². The fourth-order valence-electron chi connectivity index (χ4n) is 3.80. The monoisotopic (exact) mass is 397 g/mol. The van der Waals surface area contributed by atoms with E-state index in [2.05, 4.69) is 9.64 Å². The molecule has 1 atom stereocenters. The summed E-state index contributed by atoms with van der Waals surface area (Å²) in [5.41, 5.74) is 0.354. The quantitative estimate of drug-likeness (QED) is 0.429. The van der Waals surface area contributed by atoms with Crippen LogP contribution >= 0.6 is 11.6 Å². The molecule has 0 radical (unpaired) electrons. The molecule has 148 valence electrons. The molecular formula is C18H24ClN3O5. The zero-order chi connectivity index (χ0) is 19.4. The number of esters is 1. The second-order valence-corrected chi connectivity index (χ2v) is 7.34. The summed E-state index contributed by atoms with van der Waals surface area (Å²) in [4.78, 5) is 27.3. The van der Waals surface area contributed by atoms with Crippen molar-refractivity contribution in [3.8, 4) is 0 Å². The lowest BCUT2D eigenvalue weighted by Gasteiger charge is -2.37. The third-order valence-corrected chi connectivity index (χ3v) is 5.46. The molecule has 2 aliphatic heterocycles. The van der Waals surface area contributed by atoms with E-state index in [4.69, 9.17) is 16.3 Å². The van der Waals surface area contributed by atoms with Crippen LogP contribution in [0.1, 0.15) is 23.2 Å². The number of piperidine rings is 1. The Morgan fingerprint density at radius 1 is 1.37 bits per heavy atom. The first-order valence-electron chi connectivity index (χ1n) is 9.11. The van der Waals surface area contributed by atoms with Gasteiger partial charge in [-0.1, -0.05) is 11.6 Å². The fraction of sp³-hybridized carbons (Fsp3) is 0.611. The van der Waals surface area contributed by atoms with Gasteiger partial charge < -0.3 is 14.4 Å². The van der Waals surface area contributed by atoms with Gasteiger partial charge in [-0.15, -0.1) is 0 Å². The van der Waals surface area contributed by atoms with Crippen molar-refractivity contribution in [1.29, 1.82) is 0 Å². The topological polar surface area (TPSA) is 85.1 Å². The molecule has 3 rings (SSSR count). The van der Waals surface area contributed by atoms with Gasteiger partial charge in [-0.2, -0.15) is 0 Å². The van der Waals surface area contributed by atoms with Crippen LogP contribution in [0.25, 0.3) is 0 Å². The SMILES string of the molecule is COC(=O)c1cc([N+](=O)[O-])c(N2CCCC(CN3CCOCC3)C2)cc1Cl. The molecule has 2 saturated heterocycles. The Hall–Kier alpha value is -1.90. The summed E-state index contributed by atoms with van der Waals surface area (Å²) in [7, 11) is 1.22. The van der Waals surface area contributed by atoms with Crippen molar-refractivity contribution in [2.45, 2.75) is 12.8 Å². The van der Waals surface area contributed by atoms with E-state index >= 15 is 0 Å². The summed E-state index contributed by atoms with van der Waals surface area (Å²) >= 11 is 6.22. The van der Waals surface area contributed by atoms with Crippen molar-refractivity contribution in [1.82, 2.24) is 4.90 Å². The van der Waals surface area contributed by atoms with Crippen LogP contribution in [-0.4, -0.2) is 68.8 Å². The molecule has 1 aromatic carbocycles. The second kappa shape index (κ2) is 8.86. The third kappa shape index (κ3) is 4.69. The minimum Gasteiger partial charge on any atom is -0.465 e. The number of hydrogen-bond acceptors (Lipinski definition) is 7. The summed E-state index contributed by atoms with van der Waals surface area (Å²) < 4.78 is 10.1. The molecule has 27 heavy (non-hydrogen) atoms. The maximum atomic E-state index is 11.8. The number of methoxy groups -OCH3 is 1. The van der Waals surface area contributed by atoms with Crippen molar-refractivity contribution in [3.05, 3.63) is 32.8 Å². The molecule has 2 aliphatic rings. The molecule has 0 bridgehead atoms. The van der Waals surface area contributed by atoms with Crippen LogP contribution in [0.2, 0.25) is 5.02 Å². The summed E-state index contributed by atoms with van der Waals surface area (Å²) in [6.07, 6.45) is 2.05. The standard InChI is InChI=1S/C18H24ClN3O5/c1-26-18(23)14-9-17(22(24)25)16(10-15(14)19)21-4-2-3-13(12-21)11-20-5-7-27-8-6-20/h9-10,13H,2-8,11-12H2,1H3. The molecule has 0 amide bonds. The van der Waals surface area contributed by atoms with Crippen molar-refractivity contribution >= 4 is 28.9 Å². The first-order chi connectivity index (χ1) is 13.0. The Morgan fingerprint density at radius 2 is 2.11 bits per heavy atom. The number of nitro benzene ring substituents is 1. The number of nitrogens with zero attached hydrogens (tertiary/aromatic N) is 3. The van der Waals surface area contributed by atoms with Crippen molar-refractivity contribution in [2.75, 3.05) is 57.9 Å². The van der Waals surface area contributed by atoms with E-state index in [9.17, 15) is 14.9 Å². The Morgan fingerprint density at radius 3 is 2.78 bits per heavy atom. The van der Waals surface area contributed by atoms with Crippen molar-refractivity contribution in [2.24, 2.45) is 5.92 Å². The predicted octanol–water partition coefficient (Wildman–Crippen LogP) is 2.58. The number of rotatable bonds is 5. The molecule has 1 aromatic rings. The molecular weight excluding hydrogens is 374 g/mol. The molecule has 1 unspecified atom stereocenters. The van der Waals surface area contributed by atoms with E-state index in [0.29, 0.717) is 11.6 Å². The lowest BCUT2D eigenvalue weighted by molar-refractivity contribution is -0.384. The van der Waals surface area contributed by atoms with Crippen LogP contribution < -0.4 is 4.90 Å². The number of nitro groups is 1. The molecule has 9 heteroatoms. The van der Waals surface area contributed by atoms with Gasteiger partial charge in [0.2, 0.25) is 0 Å². The van der Waals surface area contributed by atoms with Crippen molar-refractivity contribution < 1.29 is 19.2 Å². The van der Waals surface area contributed by atoms with Crippen LogP contribution in [0, 0.1) is 16.0 Å². The number of anilines is 1. The van der Waals surface area contributed by atoms with Gasteiger partial charge in [-0.3, -0.25) is 15.0 Å². The minimum atomic E-state index is -0.682. The number of hydrogen-bond donors (Lipinski definition) is 0. The highest BCUT2D eigenvalue weighted by atomic mass is 35.5. The zero-order valence-electron chi connectivity index (χ0n) is 15.4. The number of benzene rings is 1. The lowest BCUT2D eigenvalue weighted by Crippen LogP contribution is -2.44. The predicted molar refractivity (Wildman–Crippen MR) is 102 cm³/mol. The van der Waals surface area contributed by atoms with Crippen LogP contribution in [0.3, 0.4) is 0 Å². The van der Waals surface area contributed by atoms with Gasteiger partial charge in [0.15, 0.2) is 0 Å². The average Bonchev–Trinajstić information content (AvgIpc) is 2.68. The second-order valence-electron chi connectivity index (χ2n) is 6.94. The fourth-order valence-corrected chi connectivity index (χ4v) is 4.03. The Kier molecular flexibility index (Phi) is 6.51. The Bertz CT molecular complexity index is 708. The van der Waals surface area contributed by atoms with Crippen LogP contribution in [0.4, 0.5) is 11.4 Å². The molecule has 2 fully saturated rings. The zero-order valence-corrected chi connectivity index (χ0v) is 16.1. The third-order valence-electron chi connectivity index (χ3n) is 5.15. The Balaban J connectivity index is 1.80. The maximum Gasteiger partial charge on any atom is 0.339 e. The maximum absolute atomic E-state index is 11.8. The van der Waals surface area contributed by atoms with E-state index in [1.54, 1.807) is 0 Å². The number of carbonyl (C=O) groups is 1. The van der Waals surface area contributed by atoms with E-state index in [1.165, 1.54) is 19.2 Å². The van der Waals surface area contributed by atoms with Crippen molar-refractivity contribution in [3.63, 3.8) is 0 Å². The smallest absolute Gasteiger partial charge is 0.339 e. The summed E-state index contributed by atoms with van der Waals surface area (Å²) in [6.45, 7) is 5.79. The molecule has 0 aliphatic carbocycles. The highest BCUT2D eigenvalue weighted by Gasteiger charge is 2.29. The lowest BCUT2D eigenvalue weighted by atomic mass is 9.96. The minimum absolute atomic E-state index is 0.0106. The molecule has 0 saturated carbocycles. The largest absolute Gasteiger partial charge is 0.465 e. The van der Waals surface area contributed by atoms with E-state index in [0.717, 1.165) is 58.8 Å². The summed E-state index contributed by atoms with van der Waals surface area (Å²) in [5, 5.41) is 11.8. The molecule has 0 N–H and O–H groups in total. The normalized spacial score (nSPS) is 21.1. The van der Waals surface area contributed by atoms with E-state index < -0.39 is 10.9 Å². The van der Waals surface area contributed by atoms with Gasteiger partial charge in [0.25, 0.3) is 5.69 Å². The average molecular weight is 398 g/mol. The molecule has 2 heterocycles. The van der Waals surface area contributed by atoms with Crippen LogP contribution in [0.15, 0.2) is 12.1 Å². The van der Waals surface area contributed by atoms with E-state index in [-0.39, 0.29) is 16.3 Å². The van der Waals surface area contributed by atoms with Gasteiger partial charge in [0.1, 0.15) is 5.69 Å². The molecule has 0 spiro atoms. The number of ether oxygens (including phenoxy) is 2. The van der Waals surface area contributed by atoms with Gasteiger partial charge in [-0.05, 0) is 24.8 Å². The number of morpholine rings is 1. The molecule has 8 nitrogen and oxygen atoms in total. The number of carbonyl (C=O) groups excluding carboxylic acids is 1. The van der Waals surface area contributed by atoms with Crippen LogP contribution in [-0.2, 0) is 9.47 Å². The number of halogens is 1. The highest BCUT2D eigenvalue weighted by molar-refractivity contribution is 6.34. The van der Waals surface area contributed by atoms with Gasteiger partial charge in [0.05, 0.1) is 35.8 Å². The van der Waals surface area contributed by atoms with Crippen LogP contribution in [0.5, 0.6) is 0 Å². The van der Waals surface area contributed by atoms with E-state index in [1.807, 2.05) is 4.90 Å².